The van der Waals surface area contributed by atoms with E-state index in [0.29, 0.717) is 0 Å². The Balaban J connectivity index is 2.49. The molecule has 0 spiro atoms. The van der Waals surface area contributed by atoms with E-state index in [1.54, 1.807) is 0 Å². The van der Waals surface area contributed by atoms with Crippen LogP contribution in [0.25, 0.3) is 0 Å². The van der Waals surface area contributed by atoms with Crippen molar-refractivity contribution in [2.24, 2.45) is 0 Å². The number of halogens is 3. The van der Waals surface area contributed by atoms with E-state index in [-0.39, 0.29) is 0 Å². The van der Waals surface area contributed by atoms with Crippen LogP contribution >= 0.6 is 45.8 Å². The first-order chi connectivity index (χ1) is 6.75. The average molecular weight is 344 g/mol. The number of benzene rings is 1. The number of nitrogens with one attached hydrogen (secondary N) is 1. The fourth-order valence-electron chi connectivity index (χ4n) is 1.11. The quantitative estimate of drug-likeness (QED) is 0.485. The Morgan fingerprint density at radius 3 is 2.43 bits per heavy atom. The van der Waals surface area contributed by atoms with E-state index in [2.05, 4.69) is 27.9 Å². The van der Waals surface area contributed by atoms with Gasteiger partial charge in [0.15, 0.2) is 0 Å². The van der Waals surface area contributed by atoms with Crippen molar-refractivity contribution in [2.45, 2.75) is 13.0 Å². The van der Waals surface area contributed by atoms with E-state index in [9.17, 15) is 0 Å². The molecule has 1 rings (SSSR count). The maximum Gasteiger partial charge on any atom is 0.0465 e. The van der Waals surface area contributed by atoms with Gasteiger partial charge in [-0.1, -0.05) is 51.9 Å². The zero-order valence-corrected chi connectivity index (χ0v) is 11.4. The van der Waals surface area contributed by atoms with E-state index in [4.69, 9.17) is 23.2 Å². The van der Waals surface area contributed by atoms with Gasteiger partial charge in [0, 0.05) is 26.6 Å². The summed E-state index contributed by atoms with van der Waals surface area (Å²) >= 11 is 14.4. The summed E-state index contributed by atoms with van der Waals surface area (Å²) in [6, 6.07) is 5.59. The highest BCUT2D eigenvalue weighted by Gasteiger charge is 2.03. The van der Waals surface area contributed by atoms with Crippen LogP contribution in [0.2, 0.25) is 10.0 Å². The summed E-state index contributed by atoms with van der Waals surface area (Å²) in [5, 5.41) is 4.78. The lowest BCUT2D eigenvalue weighted by Gasteiger charge is -2.07. The third-order valence-electron chi connectivity index (χ3n) is 1.85. The Bertz CT molecular complexity index is 271. The maximum atomic E-state index is 6.02. The molecule has 0 aliphatic heterocycles. The van der Waals surface area contributed by atoms with Crippen LogP contribution in [0.5, 0.6) is 0 Å². The molecule has 1 aromatic carbocycles. The van der Waals surface area contributed by atoms with Gasteiger partial charge < -0.3 is 5.32 Å². The molecule has 0 aromatic heterocycles. The first-order valence-corrected chi connectivity index (χ1v) is 6.73. The smallest absolute Gasteiger partial charge is 0.0465 e. The Morgan fingerprint density at radius 1 is 1.21 bits per heavy atom. The SMILES string of the molecule is Clc1cccc(Cl)c1CNCCCI. The van der Waals surface area contributed by atoms with Crippen LogP contribution in [0.4, 0.5) is 0 Å². The van der Waals surface area contributed by atoms with E-state index < -0.39 is 0 Å². The standard InChI is InChI=1S/C10H12Cl2IN/c11-9-3-1-4-10(12)8(9)7-14-6-2-5-13/h1,3-4,14H,2,5-7H2. The molecule has 14 heavy (non-hydrogen) atoms. The molecular formula is C10H12Cl2IN. The molecule has 0 fully saturated rings. The third kappa shape index (κ3) is 3.93. The van der Waals surface area contributed by atoms with Crippen molar-refractivity contribution in [1.29, 1.82) is 0 Å². The summed E-state index contributed by atoms with van der Waals surface area (Å²) in [5.74, 6) is 0. The molecule has 0 aliphatic carbocycles. The fourth-order valence-corrected chi connectivity index (χ4v) is 2.02. The fraction of sp³-hybridized carbons (Fsp3) is 0.400. The highest BCUT2D eigenvalue weighted by molar-refractivity contribution is 14.1. The lowest BCUT2D eigenvalue weighted by molar-refractivity contribution is 0.682. The number of hydrogen-bond donors (Lipinski definition) is 1. The second kappa shape index (κ2) is 6.88. The topological polar surface area (TPSA) is 12.0 Å². The van der Waals surface area contributed by atoms with Gasteiger partial charge in [-0.2, -0.15) is 0 Å². The summed E-state index contributed by atoms with van der Waals surface area (Å²) in [6.07, 6.45) is 1.17. The third-order valence-corrected chi connectivity index (χ3v) is 3.32. The van der Waals surface area contributed by atoms with Crippen molar-refractivity contribution in [3.05, 3.63) is 33.8 Å². The zero-order chi connectivity index (χ0) is 10.4. The van der Waals surface area contributed by atoms with Gasteiger partial charge in [0.05, 0.1) is 0 Å². The minimum absolute atomic E-state index is 0.736. The second-order valence-corrected chi connectivity index (χ2v) is 4.81. The summed E-state index contributed by atoms with van der Waals surface area (Å²) in [4.78, 5) is 0. The van der Waals surface area contributed by atoms with E-state index in [1.807, 2.05) is 18.2 Å². The lowest BCUT2D eigenvalue weighted by atomic mass is 10.2. The minimum atomic E-state index is 0.736. The Morgan fingerprint density at radius 2 is 1.86 bits per heavy atom. The number of hydrogen-bond acceptors (Lipinski definition) is 1. The molecule has 0 amide bonds. The van der Waals surface area contributed by atoms with Crippen molar-refractivity contribution in [2.75, 3.05) is 11.0 Å². The van der Waals surface area contributed by atoms with Gasteiger partial charge >= 0.3 is 0 Å². The van der Waals surface area contributed by atoms with Gasteiger partial charge in [-0.05, 0) is 25.1 Å². The van der Waals surface area contributed by atoms with Crippen LogP contribution < -0.4 is 5.32 Å². The molecule has 0 saturated heterocycles. The van der Waals surface area contributed by atoms with Crippen molar-refractivity contribution >= 4 is 45.8 Å². The normalized spacial score (nSPS) is 10.5. The molecule has 0 unspecified atom stereocenters. The maximum absolute atomic E-state index is 6.02. The summed E-state index contributed by atoms with van der Waals surface area (Å²) in [7, 11) is 0. The predicted molar refractivity (Wildman–Crippen MR) is 71.7 cm³/mol. The van der Waals surface area contributed by atoms with E-state index in [1.165, 1.54) is 10.8 Å². The van der Waals surface area contributed by atoms with Gasteiger partial charge in [0.1, 0.15) is 0 Å². The Kier molecular flexibility index (Phi) is 6.17. The number of alkyl halides is 1. The molecule has 1 N–H and O–H groups in total. The molecule has 1 nitrogen and oxygen atoms in total. The summed E-state index contributed by atoms with van der Waals surface area (Å²) in [5.41, 5.74) is 0.990. The molecule has 1 aromatic rings. The van der Waals surface area contributed by atoms with Crippen molar-refractivity contribution in [1.82, 2.24) is 5.32 Å². The highest BCUT2D eigenvalue weighted by Crippen LogP contribution is 2.23. The molecule has 0 atom stereocenters. The first-order valence-electron chi connectivity index (χ1n) is 4.45. The monoisotopic (exact) mass is 343 g/mol. The molecular weight excluding hydrogens is 332 g/mol. The highest BCUT2D eigenvalue weighted by atomic mass is 127. The Hall–Kier alpha value is 0.490. The van der Waals surface area contributed by atoms with Crippen LogP contribution in [0.15, 0.2) is 18.2 Å². The molecule has 78 valence electrons. The number of rotatable bonds is 5. The zero-order valence-electron chi connectivity index (χ0n) is 7.69. The van der Waals surface area contributed by atoms with E-state index in [0.717, 1.165) is 28.7 Å². The van der Waals surface area contributed by atoms with Gasteiger partial charge in [0.2, 0.25) is 0 Å². The van der Waals surface area contributed by atoms with Gasteiger partial charge in [-0.15, -0.1) is 0 Å². The Labute approximate surface area is 108 Å². The van der Waals surface area contributed by atoms with Gasteiger partial charge in [0.25, 0.3) is 0 Å². The summed E-state index contributed by atoms with van der Waals surface area (Å²) in [6.45, 7) is 1.75. The van der Waals surface area contributed by atoms with Gasteiger partial charge in [-0.3, -0.25) is 0 Å². The molecule has 0 saturated carbocycles. The van der Waals surface area contributed by atoms with Crippen LogP contribution in [-0.2, 0) is 6.54 Å². The molecule has 0 bridgehead atoms. The lowest BCUT2D eigenvalue weighted by Crippen LogP contribution is -2.15. The van der Waals surface area contributed by atoms with Crippen LogP contribution in [-0.4, -0.2) is 11.0 Å². The molecule has 4 heteroatoms. The molecule has 0 heterocycles. The van der Waals surface area contributed by atoms with Crippen molar-refractivity contribution in [3.63, 3.8) is 0 Å². The first kappa shape index (κ1) is 12.6. The second-order valence-electron chi connectivity index (χ2n) is 2.92. The minimum Gasteiger partial charge on any atom is -0.313 e. The predicted octanol–water partition coefficient (Wildman–Crippen LogP) is 3.91. The largest absolute Gasteiger partial charge is 0.313 e. The van der Waals surface area contributed by atoms with Gasteiger partial charge in [-0.25, -0.2) is 0 Å². The van der Waals surface area contributed by atoms with Crippen LogP contribution in [0, 0.1) is 0 Å². The van der Waals surface area contributed by atoms with Crippen LogP contribution in [0.3, 0.4) is 0 Å². The van der Waals surface area contributed by atoms with Crippen molar-refractivity contribution < 1.29 is 0 Å². The average Bonchev–Trinajstić information content (AvgIpc) is 2.16. The summed E-state index contributed by atoms with van der Waals surface area (Å²) < 4.78 is 1.17. The van der Waals surface area contributed by atoms with E-state index >= 15 is 0 Å². The molecule has 0 radical (unpaired) electrons. The van der Waals surface area contributed by atoms with Crippen LogP contribution in [0.1, 0.15) is 12.0 Å². The van der Waals surface area contributed by atoms with Crippen molar-refractivity contribution in [3.8, 4) is 0 Å². The molecule has 0 aliphatic rings.